The quantitative estimate of drug-likeness (QED) is 0.463. The molecule has 3 N–H and O–H groups in total. The number of ether oxygens (including phenoxy) is 1. The molecule has 0 radical (unpaired) electrons. The van der Waals surface area contributed by atoms with Crippen LogP contribution >= 0.6 is 39.0 Å². The molecule has 1 aliphatic rings. The van der Waals surface area contributed by atoms with Gasteiger partial charge in [-0.2, -0.15) is 0 Å². The van der Waals surface area contributed by atoms with Crippen molar-refractivity contribution in [2.24, 2.45) is 5.73 Å². The van der Waals surface area contributed by atoms with Gasteiger partial charge in [-0.15, -0.1) is 23.1 Å². The lowest BCUT2D eigenvalue weighted by atomic mass is 10.1. The zero-order chi connectivity index (χ0) is 20.3. The molecule has 6 nitrogen and oxygen atoms in total. The Morgan fingerprint density at radius 3 is 2.82 bits per heavy atom. The highest BCUT2D eigenvalue weighted by Gasteiger charge is 2.26. The number of fused-ring (bicyclic) bond motifs is 1. The highest BCUT2D eigenvalue weighted by Crippen LogP contribution is 2.38. The second-order valence-corrected chi connectivity index (χ2v) is 9.37. The van der Waals surface area contributed by atoms with Crippen LogP contribution in [-0.2, 0) is 27.2 Å². The van der Waals surface area contributed by atoms with Crippen molar-refractivity contribution in [2.45, 2.75) is 31.1 Å². The summed E-state index contributed by atoms with van der Waals surface area (Å²) in [6.07, 6.45) is 2.67. The number of nitrogens with one attached hydrogen (secondary N) is 1. The molecule has 2 aromatic rings. The predicted molar refractivity (Wildman–Crippen MR) is 114 cm³/mol. The van der Waals surface area contributed by atoms with Crippen LogP contribution in [0.3, 0.4) is 0 Å². The molecule has 1 aromatic heterocycles. The number of thiophene rings is 1. The van der Waals surface area contributed by atoms with E-state index in [9.17, 15) is 14.4 Å². The van der Waals surface area contributed by atoms with Gasteiger partial charge in [0.2, 0.25) is 0 Å². The summed E-state index contributed by atoms with van der Waals surface area (Å²) in [6.45, 7) is 1.56. The Morgan fingerprint density at radius 1 is 1.32 bits per heavy atom. The smallest absolute Gasteiger partial charge is 0.316 e. The summed E-state index contributed by atoms with van der Waals surface area (Å²) in [7, 11) is 0. The number of rotatable bonds is 7. The molecule has 3 rings (SSSR count). The molecule has 0 fully saturated rings. The molecule has 148 valence electrons. The summed E-state index contributed by atoms with van der Waals surface area (Å²) in [5, 5.41) is 3.10. The number of halogens is 1. The number of amides is 2. The van der Waals surface area contributed by atoms with E-state index in [0.717, 1.165) is 44.6 Å². The van der Waals surface area contributed by atoms with Crippen LogP contribution in [0.15, 0.2) is 27.6 Å². The van der Waals surface area contributed by atoms with Gasteiger partial charge in [-0.05, 0) is 55.5 Å². The van der Waals surface area contributed by atoms with E-state index in [0.29, 0.717) is 10.6 Å². The number of thioether (sulfide) groups is 1. The van der Waals surface area contributed by atoms with Gasteiger partial charge in [-0.25, -0.2) is 0 Å². The van der Waals surface area contributed by atoms with Gasteiger partial charge in [-0.1, -0.05) is 15.9 Å². The highest BCUT2D eigenvalue weighted by atomic mass is 79.9. The normalized spacial score (nSPS) is 12.5. The summed E-state index contributed by atoms with van der Waals surface area (Å²) >= 11 is 6.12. The van der Waals surface area contributed by atoms with E-state index >= 15 is 0 Å². The summed E-state index contributed by atoms with van der Waals surface area (Å²) in [5.41, 5.74) is 7.85. The number of esters is 1. The van der Waals surface area contributed by atoms with Gasteiger partial charge in [0.15, 0.2) is 6.61 Å². The fraction of sp³-hybridized carbons (Fsp3) is 0.316. The second-order valence-electron chi connectivity index (χ2n) is 6.33. The first-order valence-corrected chi connectivity index (χ1v) is 11.2. The minimum absolute atomic E-state index is 0.107. The van der Waals surface area contributed by atoms with Gasteiger partial charge in [0.1, 0.15) is 5.00 Å². The Labute approximate surface area is 179 Å². The largest absolute Gasteiger partial charge is 0.455 e. The molecule has 0 saturated carbocycles. The predicted octanol–water partition coefficient (Wildman–Crippen LogP) is 3.68. The number of aryl methyl sites for hydroxylation is 2. The molecule has 9 heteroatoms. The van der Waals surface area contributed by atoms with Crippen LogP contribution in [0.1, 0.15) is 32.8 Å². The molecule has 1 aliphatic carbocycles. The Kier molecular flexibility index (Phi) is 6.79. The summed E-state index contributed by atoms with van der Waals surface area (Å²) in [6, 6.07) is 5.80. The van der Waals surface area contributed by atoms with E-state index in [1.807, 2.05) is 25.1 Å². The van der Waals surface area contributed by atoms with Crippen molar-refractivity contribution in [3.05, 3.63) is 44.2 Å². The van der Waals surface area contributed by atoms with Crippen molar-refractivity contribution >= 4 is 61.8 Å². The maximum absolute atomic E-state index is 12.1. The first-order chi connectivity index (χ1) is 13.3. The van der Waals surface area contributed by atoms with Crippen molar-refractivity contribution < 1.29 is 19.1 Å². The number of nitrogens with two attached hydrogens (primary N) is 1. The van der Waals surface area contributed by atoms with E-state index in [1.165, 1.54) is 23.1 Å². The second kappa shape index (κ2) is 9.11. The van der Waals surface area contributed by atoms with Gasteiger partial charge < -0.3 is 15.8 Å². The van der Waals surface area contributed by atoms with Crippen molar-refractivity contribution in [1.82, 2.24) is 0 Å². The standard InChI is InChI=1S/C19H19BrN2O4S2/c1-10-7-11(20)5-6-13(10)27-9-16(24)26-8-15(23)22-19-17(18(21)25)12-3-2-4-14(12)28-19/h5-7H,2-4,8-9H2,1H3,(H2,21,25)(H,22,23). The summed E-state index contributed by atoms with van der Waals surface area (Å²) in [5.74, 6) is -1.41. The maximum Gasteiger partial charge on any atom is 0.316 e. The van der Waals surface area contributed by atoms with E-state index in [2.05, 4.69) is 21.2 Å². The van der Waals surface area contributed by atoms with Crippen molar-refractivity contribution in [3.63, 3.8) is 0 Å². The zero-order valence-electron chi connectivity index (χ0n) is 15.2. The Bertz CT molecular complexity index is 942. The Hall–Kier alpha value is -1.84. The first-order valence-electron chi connectivity index (χ1n) is 8.64. The van der Waals surface area contributed by atoms with Gasteiger partial charge >= 0.3 is 5.97 Å². The minimum atomic E-state index is -0.548. The summed E-state index contributed by atoms with van der Waals surface area (Å²) in [4.78, 5) is 37.9. The lowest BCUT2D eigenvalue weighted by molar-refractivity contribution is -0.144. The molecule has 0 unspecified atom stereocenters. The van der Waals surface area contributed by atoms with E-state index in [4.69, 9.17) is 10.5 Å². The van der Waals surface area contributed by atoms with Crippen molar-refractivity contribution in [1.29, 1.82) is 0 Å². The molecule has 0 spiro atoms. The Morgan fingerprint density at radius 2 is 2.11 bits per heavy atom. The van der Waals surface area contributed by atoms with Crippen molar-refractivity contribution in [2.75, 3.05) is 17.7 Å². The van der Waals surface area contributed by atoms with Crippen LogP contribution in [-0.4, -0.2) is 30.1 Å². The molecule has 0 atom stereocenters. The minimum Gasteiger partial charge on any atom is -0.455 e. The number of benzene rings is 1. The average Bonchev–Trinajstić information content (AvgIpc) is 3.19. The highest BCUT2D eigenvalue weighted by molar-refractivity contribution is 9.10. The molecule has 1 heterocycles. The molecular formula is C19H19BrN2O4S2. The Balaban J connectivity index is 1.51. The molecule has 1 aromatic carbocycles. The molecule has 0 bridgehead atoms. The van der Waals surface area contributed by atoms with Gasteiger partial charge in [0.05, 0.1) is 11.3 Å². The van der Waals surface area contributed by atoms with E-state index in [-0.39, 0.29) is 5.75 Å². The fourth-order valence-corrected chi connectivity index (χ4v) is 5.61. The average molecular weight is 483 g/mol. The number of anilines is 1. The zero-order valence-corrected chi connectivity index (χ0v) is 18.4. The fourth-order valence-electron chi connectivity index (χ4n) is 3.01. The van der Waals surface area contributed by atoms with Crippen LogP contribution in [0, 0.1) is 6.92 Å². The third kappa shape index (κ3) is 4.95. The molecule has 0 aliphatic heterocycles. The molecule has 2 amide bonds. The van der Waals surface area contributed by atoms with Gasteiger partial charge in [-0.3, -0.25) is 14.4 Å². The third-order valence-electron chi connectivity index (χ3n) is 4.27. The van der Waals surface area contributed by atoms with Crippen LogP contribution in [0.2, 0.25) is 0 Å². The number of hydrogen-bond donors (Lipinski definition) is 2. The maximum atomic E-state index is 12.1. The number of hydrogen-bond acceptors (Lipinski definition) is 6. The van der Waals surface area contributed by atoms with Gasteiger partial charge in [0.25, 0.3) is 11.8 Å². The first kappa shape index (κ1) is 20.9. The number of carbonyl (C=O) groups is 3. The molecule has 0 saturated heterocycles. The van der Waals surface area contributed by atoms with E-state index < -0.39 is 24.4 Å². The van der Waals surface area contributed by atoms with Gasteiger partial charge in [0, 0.05) is 14.2 Å². The third-order valence-corrected chi connectivity index (χ3v) is 7.12. The molecule has 28 heavy (non-hydrogen) atoms. The SMILES string of the molecule is Cc1cc(Br)ccc1SCC(=O)OCC(=O)Nc1sc2c(c1C(N)=O)CCC2. The van der Waals surface area contributed by atoms with Crippen LogP contribution < -0.4 is 11.1 Å². The van der Waals surface area contributed by atoms with Crippen LogP contribution in [0.25, 0.3) is 0 Å². The topological polar surface area (TPSA) is 98.5 Å². The number of primary amides is 1. The lowest BCUT2D eigenvalue weighted by Gasteiger charge is -2.08. The van der Waals surface area contributed by atoms with Crippen LogP contribution in [0.5, 0.6) is 0 Å². The number of carbonyl (C=O) groups excluding carboxylic acids is 3. The summed E-state index contributed by atoms with van der Waals surface area (Å²) < 4.78 is 6.02. The lowest BCUT2D eigenvalue weighted by Crippen LogP contribution is -2.23. The monoisotopic (exact) mass is 482 g/mol. The van der Waals surface area contributed by atoms with Crippen molar-refractivity contribution in [3.8, 4) is 0 Å². The van der Waals surface area contributed by atoms with E-state index in [1.54, 1.807) is 0 Å². The molecular weight excluding hydrogens is 464 g/mol. The van der Waals surface area contributed by atoms with Crippen LogP contribution in [0.4, 0.5) is 5.00 Å².